The fraction of sp³-hybridized carbons (Fsp3) is 0.158. The van der Waals surface area contributed by atoms with E-state index in [1.807, 2.05) is 73.3 Å². The van der Waals surface area contributed by atoms with Crippen molar-refractivity contribution >= 4 is 46.0 Å². The Morgan fingerprint density at radius 3 is 0.804 bits per heavy atom. The number of hydrogen-bond donors (Lipinski definition) is 0. The second-order valence-electron chi connectivity index (χ2n) is 11.9. The summed E-state index contributed by atoms with van der Waals surface area (Å²) in [5.41, 5.74) is 9.14. The lowest BCUT2D eigenvalue weighted by molar-refractivity contribution is 0.540. The van der Waals surface area contributed by atoms with Gasteiger partial charge in [-0.15, -0.1) is 0 Å². The van der Waals surface area contributed by atoms with Crippen molar-refractivity contribution in [3.63, 3.8) is 0 Å². The van der Waals surface area contributed by atoms with Gasteiger partial charge in [-0.3, -0.25) is 19.6 Å². The summed E-state index contributed by atoms with van der Waals surface area (Å²) in [5, 5.41) is 0. The third-order valence-electron chi connectivity index (χ3n) is 9.13. The number of aryl methyl sites for hydroxylation is 4. The molecule has 46 heavy (non-hydrogen) atoms. The minimum atomic E-state index is -0.349. The van der Waals surface area contributed by atoms with Crippen molar-refractivity contribution in [3.8, 4) is 0 Å². The molecule has 6 aromatic rings. The number of rotatable bonds is 5. The van der Waals surface area contributed by atoms with E-state index in [4.69, 9.17) is 19.9 Å². The number of anilines is 8. The lowest BCUT2D eigenvalue weighted by Gasteiger charge is -2.43. The summed E-state index contributed by atoms with van der Waals surface area (Å²) in [6, 6.07) is 33.5. The molecule has 4 aromatic heterocycles. The average molecular weight is 603 g/mol. The van der Waals surface area contributed by atoms with Crippen molar-refractivity contribution in [1.29, 1.82) is 0 Å². The Morgan fingerprint density at radius 2 is 0.609 bits per heavy atom. The predicted octanol–water partition coefficient (Wildman–Crippen LogP) is 8.43. The van der Waals surface area contributed by atoms with Crippen LogP contribution in [0.1, 0.15) is 22.3 Å². The van der Waals surface area contributed by atoms with Gasteiger partial charge in [0.15, 0.2) is 12.3 Å². The maximum atomic E-state index is 4.94. The molecule has 2 aliphatic rings. The molecule has 0 fully saturated rings. The van der Waals surface area contributed by atoms with E-state index < -0.39 is 0 Å². The highest BCUT2D eigenvalue weighted by atomic mass is 15.6. The first-order valence-corrected chi connectivity index (χ1v) is 15.5. The molecule has 0 bridgehead atoms. The summed E-state index contributed by atoms with van der Waals surface area (Å²) >= 11 is 0. The Balaban J connectivity index is 1.47. The Labute approximate surface area is 269 Å². The number of pyridine rings is 4. The van der Waals surface area contributed by atoms with Gasteiger partial charge >= 0.3 is 0 Å². The zero-order valence-electron chi connectivity index (χ0n) is 26.3. The molecular weight excluding hydrogens is 568 g/mol. The summed E-state index contributed by atoms with van der Waals surface area (Å²) in [6.45, 7) is 8.67. The highest BCUT2D eigenvalue weighted by molar-refractivity contribution is 5.93. The number of benzene rings is 2. The van der Waals surface area contributed by atoms with Crippen LogP contribution in [0.25, 0.3) is 0 Å². The number of nitrogens with zero attached hydrogens (tertiary/aromatic N) is 8. The van der Waals surface area contributed by atoms with E-state index >= 15 is 0 Å². The molecule has 0 saturated carbocycles. The molecule has 2 aromatic carbocycles. The SMILES string of the molecule is Cc1cc2c(cc1C)N(c1ccccn1)C(C1N(c3ccccn3)c3cc(C)c(C)cc3N1c1ccccn1)N2c1ccccn1. The molecule has 0 aliphatic carbocycles. The second-order valence-corrected chi connectivity index (χ2v) is 11.9. The van der Waals surface area contributed by atoms with Gasteiger partial charge in [0.25, 0.3) is 0 Å². The lowest BCUT2D eigenvalue weighted by atomic mass is 10.1. The first kappa shape index (κ1) is 27.8. The van der Waals surface area contributed by atoms with Crippen LogP contribution in [0.15, 0.2) is 122 Å². The number of hydrogen-bond acceptors (Lipinski definition) is 8. The summed E-state index contributed by atoms with van der Waals surface area (Å²) < 4.78 is 0. The average Bonchev–Trinajstić information content (AvgIpc) is 3.58. The molecule has 0 spiro atoms. The quantitative estimate of drug-likeness (QED) is 0.195. The second kappa shape index (κ2) is 11.0. The molecule has 0 radical (unpaired) electrons. The van der Waals surface area contributed by atoms with Gasteiger partial charge < -0.3 is 0 Å². The van der Waals surface area contributed by atoms with Gasteiger partial charge in [0.1, 0.15) is 23.3 Å². The minimum absolute atomic E-state index is 0.349. The zero-order chi connectivity index (χ0) is 31.4. The fourth-order valence-corrected chi connectivity index (χ4v) is 6.70. The topological polar surface area (TPSA) is 64.5 Å². The molecule has 0 unspecified atom stereocenters. The Hall–Kier alpha value is -5.76. The third-order valence-corrected chi connectivity index (χ3v) is 9.13. The van der Waals surface area contributed by atoms with E-state index in [-0.39, 0.29) is 12.3 Å². The monoisotopic (exact) mass is 602 g/mol. The van der Waals surface area contributed by atoms with Crippen molar-refractivity contribution in [2.24, 2.45) is 0 Å². The maximum Gasteiger partial charge on any atom is 0.154 e. The molecule has 0 atom stereocenters. The molecule has 8 nitrogen and oxygen atoms in total. The van der Waals surface area contributed by atoms with Crippen molar-refractivity contribution in [1.82, 2.24) is 19.9 Å². The highest BCUT2D eigenvalue weighted by Gasteiger charge is 2.53. The largest absolute Gasteiger partial charge is 0.299 e. The molecule has 6 heterocycles. The molecule has 8 heteroatoms. The summed E-state index contributed by atoms with van der Waals surface area (Å²) in [6.07, 6.45) is 6.75. The smallest absolute Gasteiger partial charge is 0.154 e. The highest BCUT2D eigenvalue weighted by Crippen LogP contribution is 2.55. The first-order chi connectivity index (χ1) is 22.5. The molecule has 0 saturated heterocycles. The van der Waals surface area contributed by atoms with Crippen LogP contribution in [0.2, 0.25) is 0 Å². The van der Waals surface area contributed by atoms with Crippen LogP contribution in [0.3, 0.4) is 0 Å². The van der Waals surface area contributed by atoms with Gasteiger partial charge in [-0.1, -0.05) is 24.3 Å². The van der Waals surface area contributed by atoms with Crippen molar-refractivity contribution < 1.29 is 0 Å². The van der Waals surface area contributed by atoms with E-state index in [2.05, 4.69) is 95.8 Å². The number of aromatic nitrogens is 4. The van der Waals surface area contributed by atoms with Crippen molar-refractivity contribution in [3.05, 3.63) is 144 Å². The van der Waals surface area contributed by atoms with Crippen molar-refractivity contribution in [2.45, 2.75) is 40.0 Å². The van der Waals surface area contributed by atoms with Gasteiger partial charge in [0, 0.05) is 24.8 Å². The number of fused-ring (bicyclic) bond motifs is 2. The Bertz CT molecular complexity index is 1730. The fourth-order valence-electron chi connectivity index (χ4n) is 6.70. The van der Waals surface area contributed by atoms with Crippen LogP contribution in [0.4, 0.5) is 46.0 Å². The van der Waals surface area contributed by atoms with Crippen LogP contribution in [0, 0.1) is 27.7 Å². The standard InChI is InChI=1S/C38H34N8/c1-25-21-29-30(22-26(25)2)44(34-14-6-10-18-40-34)37(43(29)33-13-5-9-17-39-33)38-45(35-15-7-11-19-41-35)31-23-27(3)28(4)24-32(31)46(38)36-16-8-12-20-42-36/h5-24,37-38H,1-4H3. The van der Waals surface area contributed by atoms with Crippen LogP contribution >= 0.6 is 0 Å². The van der Waals surface area contributed by atoms with Crippen LogP contribution in [0.5, 0.6) is 0 Å². The molecule has 2 aliphatic heterocycles. The molecule has 0 amide bonds. The Morgan fingerprint density at radius 1 is 0.370 bits per heavy atom. The molecule has 226 valence electrons. The van der Waals surface area contributed by atoms with E-state index in [1.54, 1.807) is 0 Å². The van der Waals surface area contributed by atoms with E-state index in [0.29, 0.717) is 0 Å². The maximum absolute atomic E-state index is 4.94. The first-order valence-electron chi connectivity index (χ1n) is 15.5. The Kier molecular flexibility index (Phi) is 6.64. The van der Waals surface area contributed by atoms with Gasteiger partial charge in [-0.05, 0) is 123 Å². The van der Waals surface area contributed by atoms with E-state index in [0.717, 1.165) is 46.0 Å². The summed E-state index contributed by atoms with van der Waals surface area (Å²) in [4.78, 5) is 29.2. The van der Waals surface area contributed by atoms with Gasteiger partial charge in [0.2, 0.25) is 0 Å². The molecule has 8 rings (SSSR count). The van der Waals surface area contributed by atoms with Crippen LogP contribution < -0.4 is 19.6 Å². The molecular formula is C38H34N8. The summed E-state index contributed by atoms with van der Waals surface area (Å²) in [7, 11) is 0. The zero-order valence-corrected chi connectivity index (χ0v) is 26.3. The van der Waals surface area contributed by atoms with E-state index in [9.17, 15) is 0 Å². The van der Waals surface area contributed by atoms with E-state index in [1.165, 1.54) is 22.3 Å². The molecule has 0 N–H and O–H groups in total. The van der Waals surface area contributed by atoms with Crippen molar-refractivity contribution in [2.75, 3.05) is 19.6 Å². The van der Waals surface area contributed by atoms with Crippen LogP contribution in [-0.4, -0.2) is 32.3 Å². The normalized spacial score (nSPS) is 14.6. The minimum Gasteiger partial charge on any atom is -0.299 e. The lowest BCUT2D eigenvalue weighted by Crippen LogP contribution is -2.58. The van der Waals surface area contributed by atoms with Gasteiger partial charge in [-0.25, -0.2) is 19.9 Å². The predicted molar refractivity (Wildman–Crippen MR) is 185 cm³/mol. The van der Waals surface area contributed by atoms with Gasteiger partial charge in [0.05, 0.1) is 22.7 Å². The third kappa shape index (κ3) is 4.36. The summed E-state index contributed by atoms with van der Waals surface area (Å²) in [5.74, 6) is 3.39. The van der Waals surface area contributed by atoms with Gasteiger partial charge in [-0.2, -0.15) is 0 Å². The van der Waals surface area contributed by atoms with Crippen LogP contribution in [-0.2, 0) is 0 Å².